The van der Waals surface area contributed by atoms with E-state index in [1.54, 1.807) is 0 Å². The molecule has 3 heteroatoms. The Labute approximate surface area is 107 Å². The molecule has 2 rings (SSSR count). The van der Waals surface area contributed by atoms with E-state index < -0.39 is 0 Å². The summed E-state index contributed by atoms with van der Waals surface area (Å²) in [6.45, 7) is 5.21. The molecule has 0 fully saturated rings. The Hall–Kier alpha value is -1.19. The fourth-order valence-electron chi connectivity index (χ4n) is 1.95. The molecule has 0 spiro atoms. The highest BCUT2D eigenvalue weighted by atomic mass is 32.1. The van der Waals surface area contributed by atoms with E-state index in [4.69, 9.17) is 0 Å². The van der Waals surface area contributed by atoms with Crippen LogP contribution >= 0.6 is 11.3 Å². The smallest absolute Gasteiger partial charge is 0.0384 e. The summed E-state index contributed by atoms with van der Waals surface area (Å²) < 4.78 is 0. The van der Waals surface area contributed by atoms with E-state index in [1.165, 1.54) is 16.0 Å². The number of likely N-dealkylation sites (N-methyl/N-ethyl adjacent to an activating group) is 1. The Balaban J connectivity index is 2.16. The predicted octanol–water partition coefficient (Wildman–Crippen LogP) is 3.34. The molecule has 1 atom stereocenters. The maximum atomic E-state index is 4.28. The van der Waals surface area contributed by atoms with Crippen molar-refractivity contribution in [3.05, 3.63) is 52.0 Å². The Morgan fingerprint density at radius 3 is 2.94 bits per heavy atom. The van der Waals surface area contributed by atoms with Gasteiger partial charge < -0.3 is 5.32 Å². The average molecular weight is 246 g/mol. The zero-order valence-electron chi connectivity index (χ0n) is 10.3. The second kappa shape index (κ2) is 5.94. The number of nitrogens with one attached hydrogen (secondary N) is 1. The number of pyridine rings is 1. The lowest BCUT2D eigenvalue weighted by Crippen LogP contribution is -2.22. The number of aromatic nitrogens is 1. The van der Waals surface area contributed by atoms with Gasteiger partial charge in [-0.25, -0.2) is 0 Å². The average Bonchev–Trinajstić information content (AvgIpc) is 2.81. The third-order valence-corrected chi connectivity index (χ3v) is 3.63. The number of hydrogen-bond acceptors (Lipinski definition) is 3. The monoisotopic (exact) mass is 246 g/mol. The van der Waals surface area contributed by atoms with Crippen molar-refractivity contribution in [3.8, 4) is 0 Å². The Morgan fingerprint density at radius 1 is 1.41 bits per heavy atom. The minimum atomic E-state index is 0.367. The van der Waals surface area contributed by atoms with Crippen LogP contribution in [0.3, 0.4) is 0 Å². The van der Waals surface area contributed by atoms with Crippen LogP contribution in [-0.4, -0.2) is 11.5 Å². The van der Waals surface area contributed by atoms with Crippen LogP contribution in [0.1, 0.15) is 29.0 Å². The first-order valence-electron chi connectivity index (χ1n) is 5.97. The van der Waals surface area contributed by atoms with Crippen molar-refractivity contribution in [1.82, 2.24) is 10.3 Å². The molecule has 2 heterocycles. The number of thiophene rings is 1. The normalized spacial score (nSPS) is 12.6. The quantitative estimate of drug-likeness (QED) is 0.875. The zero-order valence-corrected chi connectivity index (χ0v) is 11.1. The molecule has 0 bridgehead atoms. The number of nitrogens with zero attached hydrogens (tertiary/aromatic N) is 1. The molecule has 0 saturated carbocycles. The first kappa shape index (κ1) is 12.3. The van der Waals surface area contributed by atoms with Gasteiger partial charge in [-0.1, -0.05) is 19.1 Å². The summed E-state index contributed by atoms with van der Waals surface area (Å²) in [5.74, 6) is 0. The lowest BCUT2D eigenvalue weighted by atomic mass is 10.0. The minimum Gasteiger partial charge on any atom is -0.310 e. The number of rotatable bonds is 5. The van der Waals surface area contributed by atoms with Crippen LogP contribution < -0.4 is 5.32 Å². The summed E-state index contributed by atoms with van der Waals surface area (Å²) in [4.78, 5) is 5.69. The minimum absolute atomic E-state index is 0.367. The van der Waals surface area contributed by atoms with E-state index >= 15 is 0 Å². The van der Waals surface area contributed by atoms with Gasteiger partial charge in [0.15, 0.2) is 0 Å². The third-order valence-electron chi connectivity index (χ3n) is 2.73. The third kappa shape index (κ3) is 3.38. The van der Waals surface area contributed by atoms with Gasteiger partial charge >= 0.3 is 0 Å². The summed E-state index contributed by atoms with van der Waals surface area (Å²) in [5, 5.41) is 5.66. The van der Waals surface area contributed by atoms with Crippen LogP contribution in [0, 0.1) is 6.92 Å². The van der Waals surface area contributed by atoms with E-state index in [2.05, 4.69) is 47.7 Å². The summed E-state index contributed by atoms with van der Waals surface area (Å²) in [6, 6.07) is 6.88. The van der Waals surface area contributed by atoms with Gasteiger partial charge in [-0.15, -0.1) is 11.3 Å². The van der Waals surface area contributed by atoms with Crippen molar-refractivity contribution in [1.29, 1.82) is 0 Å². The topological polar surface area (TPSA) is 24.9 Å². The maximum absolute atomic E-state index is 4.28. The van der Waals surface area contributed by atoms with E-state index in [-0.39, 0.29) is 0 Å². The van der Waals surface area contributed by atoms with Gasteiger partial charge in [0, 0.05) is 29.7 Å². The molecule has 0 aromatic carbocycles. The van der Waals surface area contributed by atoms with Gasteiger partial charge in [-0.3, -0.25) is 4.98 Å². The molecule has 90 valence electrons. The maximum Gasteiger partial charge on any atom is 0.0384 e. The van der Waals surface area contributed by atoms with Crippen molar-refractivity contribution < 1.29 is 0 Å². The lowest BCUT2D eigenvalue weighted by Gasteiger charge is -2.17. The van der Waals surface area contributed by atoms with Crippen LogP contribution in [0.4, 0.5) is 0 Å². The molecule has 0 amide bonds. The van der Waals surface area contributed by atoms with Crippen LogP contribution in [0.2, 0.25) is 0 Å². The van der Waals surface area contributed by atoms with Crippen molar-refractivity contribution in [2.45, 2.75) is 26.3 Å². The Morgan fingerprint density at radius 2 is 2.29 bits per heavy atom. The van der Waals surface area contributed by atoms with Gasteiger partial charge in [0.25, 0.3) is 0 Å². The largest absolute Gasteiger partial charge is 0.310 e. The Bertz CT molecular complexity index is 451. The Kier molecular flexibility index (Phi) is 4.29. The fraction of sp³-hybridized carbons (Fsp3) is 0.357. The first-order valence-corrected chi connectivity index (χ1v) is 6.85. The van der Waals surface area contributed by atoms with Crippen LogP contribution in [0.15, 0.2) is 36.0 Å². The molecule has 2 aromatic heterocycles. The second-order valence-corrected chi connectivity index (χ2v) is 5.22. The summed E-state index contributed by atoms with van der Waals surface area (Å²) >= 11 is 1.82. The van der Waals surface area contributed by atoms with Crippen molar-refractivity contribution in [3.63, 3.8) is 0 Å². The molecule has 0 aliphatic carbocycles. The van der Waals surface area contributed by atoms with Crippen molar-refractivity contribution in [2.75, 3.05) is 6.54 Å². The molecule has 17 heavy (non-hydrogen) atoms. The highest BCUT2D eigenvalue weighted by molar-refractivity contribution is 7.09. The molecule has 0 radical (unpaired) electrons. The van der Waals surface area contributed by atoms with Gasteiger partial charge in [-0.2, -0.15) is 0 Å². The first-order chi connectivity index (χ1) is 8.29. The molecular formula is C14H18N2S. The van der Waals surface area contributed by atoms with Gasteiger partial charge in [0.1, 0.15) is 0 Å². The second-order valence-electron chi connectivity index (χ2n) is 4.19. The molecule has 2 aromatic rings. The lowest BCUT2D eigenvalue weighted by molar-refractivity contribution is 0.551. The van der Waals surface area contributed by atoms with Gasteiger partial charge in [-0.05, 0) is 36.0 Å². The van der Waals surface area contributed by atoms with Gasteiger partial charge in [0.2, 0.25) is 0 Å². The number of hydrogen-bond donors (Lipinski definition) is 1. The van der Waals surface area contributed by atoms with E-state index in [9.17, 15) is 0 Å². The van der Waals surface area contributed by atoms with E-state index in [0.29, 0.717) is 6.04 Å². The highest BCUT2D eigenvalue weighted by Crippen LogP contribution is 2.21. The van der Waals surface area contributed by atoms with E-state index in [0.717, 1.165) is 13.0 Å². The zero-order chi connectivity index (χ0) is 12.1. The van der Waals surface area contributed by atoms with Crippen LogP contribution in [0.25, 0.3) is 0 Å². The summed E-state index contributed by atoms with van der Waals surface area (Å²) in [5.41, 5.74) is 2.50. The SMILES string of the molecule is CCNC(Cc1cccs1)c1cncc(C)c1. The molecule has 1 N–H and O–H groups in total. The highest BCUT2D eigenvalue weighted by Gasteiger charge is 2.12. The standard InChI is InChI=1S/C14H18N2S/c1-3-16-14(8-13-5-4-6-17-13)12-7-11(2)9-15-10-12/h4-7,9-10,14,16H,3,8H2,1-2H3. The van der Waals surface area contributed by atoms with Crippen molar-refractivity contribution >= 4 is 11.3 Å². The molecule has 0 aliphatic rings. The van der Waals surface area contributed by atoms with E-state index in [1.807, 2.05) is 23.7 Å². The number of aryl methyl sites for hydroxylation is 1. The molecule has 2 nitrogen and oxygen atoms in total. The van der Waals surface area contributed by atoms with Crippen molar-refractivity contribution in [2.24, 2.45) is 0 Å². The molecular weight excluding hydrogens is 228 g/mol. The molecule has 0 saturated heterocycles. The van der Waals surface area contributed by atoms with Gasteiger partial charge in [0.05, 0.1) is 0 Å². The fourth-order valence-corrected chi connectivity index (χ4v) is 2.71. The van der Waals surface area contributed by atoms with Crippen LogP contribution in [0.5, 0.6) is 0 Å². The van der Waals surface area contributed by atoms with Crippen LogP contribution in [-0.2, 0) is 6.42 Å². The summed E-state index contributed by atoms with van der Waals surface area (Å²) in [7, 11) is 0. The predicted molar refractivity (Wildman–Crippen MR) is 73.4 cm³/mol. The summed E-state index contributed by atoms with van der Waals surface area (Å²) in [6.07, 6.45) is 4.90. The molecule has 1 unspecified atom stereocenters. The molecule has 0 aliphatic heterocycles.